The Morgan fingerprint density at radius 1 is 1.40 bits per heavy atom. The summed E-state index contributed by atoms with van der Waals surface area (Å²) in [5.74, 6) is 1.06. The minimum absolute atomic E-state index is 0.0621. The van der Waals surface area contributed by atoms with Crippen molar-refractivity contribution >= 4 is 17.5 Å². The fourth-order valence-corrected chi connectivity index (χ4v) is 1.96. The van der Waals surface area contributed by atoms with E-state index in [0.29, 0.717) is 42.6 Å². The van der Waals surface area contributed by atoms with Gasteiger partial charge in [-0.15, -0.1) is 0 Å². The average Bonchev–Trinajstić information content (AvgIpc) is 2.92. The maximum absolute atomic E-state index is 11.4. The van der Waals surface area contributed by atoms with Gasteiger partial charge in [0, 0.05) is 31.5 Å². The van der Waals surface area contributed by atoms with Gasteiger partial charge in [0.1, 0.15) is 0 Å². The molecule has 2 rings (SSSR count). The van der Waals surface area contributed by atoms with Crippen molar-refractivity contribution in [3.8, 4) is 11.3 Å². The highest BCUT2D eigenvalue weighted by atomic mass is 35.5. The first kappa shape index (κ1) is 14.6. The van der Waals surface area contributed by atoms with Crippen LogP contribution in [0.25, 0.3) is 11.3 Å². The maximum atomic E-state index is 11.4. The minimum atomic E-state index is -0.0621. The number of nitrogens with one attached hydrogen (secondary N) is 1. The summed E-state index contributed by atoms with van der Waals surface area (Å²) in [6, 6.07) is 7.38. The van der Waals surface area contributed by atoms with E-state index in [1.54, 1.807) is 12.3 Å². The zero-order chi connectivity index (χ0) is 14.4. The Hall–Kier alpha value is -1.85. The van der Waals surface area contributed by atoms with Gasteiger partial charge in [0.05, 0.1) is 11.2 Å². The first-order chi connectivity index (χ1) is 9.70. The van der Waals surface area contributed by atoms with Crippen molar-refractivity contribution in [3.05, 3.63) is 41.4 Å². The summed E-state index contributed by atoms with van der Waals surface area (Å²) in [4.78, 5) is 15.6. The molecular weight excluding hydrogens is 278 g/mol. The molecular formula is C14H16ClN3O2. The van der Waals surface area contributed by atoms with Crippen molar-refractivity contribution in [2.75, 3.05) is 13.1 Å². The van der Waals surface area contributed by atoms with Crippen LogP contribution in [0.15, 0.2) is 34.9 Å². The Morgan fingerprint density at radius 2 is 2.20 bits per heavy atom. The number of aromatic nitrogens is 1. The van der Waals surface area contributed by atoms with E-state index in [1.165, 1.54) is 0 Å². The molecule has 0 unspecified atom stereocenters. The highest BCUT2D eigenvalue weighted by molar-refractivity contribution is 6.33. The average molecular weight is 294 g/mol. The molecule has 6 heteroatoms. The molecule has 0 radical (unpaired) electrons. The van der Waals surface area contributed by atoms with Crippen LogP contribution < -0.4 is 11.1 Å². The lowest BCUT2D eigenvalue weighted by Gasteiger charge is -2.01. The van der Waals surface area contributed by atoms with Gasteiger partial charge in [-0.2, -0.15) is 0 Å². The van der Waals surface area contributed by atoms with E-state index in [2.05, 4.69) is 10.3 Å². The van der Waals surface area contributed by atoms with E-state index in [1.807, 2.05) is 18.2 Å². The van der Waals surface area contributed by atoms with Gasteiger partial charge in [-0.25, -0.2) is 4.98 Å². The molecule has 0 aliphatic carbocycles. The molecule has 3 N–H and O–H groups in total. The zero-order valence-corrected chi connectivity index (χ0v) is 11.7. The first-order valence-electron chi connectivity index (χ1n) is 6.37. The minimum Gasteiger partial charge on any atom is -0.441 e. The van der Waals surface area contributed by atoms with Crippen LogP contribution in [0.4, 0.5) is 0 Å². The number of amides is 1. The number of carbonyl (C=O) groups excluding carboxylic acids is 1. The normalized spacial score (nSPS) is 10.5. The van der Waals surface area contributed by atoms with Crippen LogP contribution in [0, 0.1) is 0 Å². The molecule has 1 amide bonds. The molecule has 0 saturated heterocycles. The lowest BCUT2D eigenvalue weighted by molar-refractivity contribution is -0.121. The molecule has 0 spiro atoms. The van der Waals surface area contributed by atoms with Crippen LogP contribution in [0.2, 0.25) is 5.02 Å². The second kappa shape index (κ2) is 7.07. The molecule has 1 aromatic carbocycles. The molecule has 0 aliphatic heterocycles. The summed E-state index contributed by atoms with van der Waals surface area (Å²) in [5.41, 5.74) is 6.10. The number of oxazole rings is 1. The number of hydrogen-bond donors (Lipinski definition) is 2. The SMILES string of the molecule is NCCNC(=O)CCc1ncc(-c2ccccc2Cl)o1. The van der Waals surface area contributed by atoms with Gasteiger partial charge in [-0.3, -0.25) is 4.79 Å². The molecule has 0 bridgehead atoms. The standard InChI is InChI=1S/C14H16ClN3O2/c15-11-4-2-1-3-10(11)12-9-18-14(20-12)6-5-13(19)17-8-7-16/h1-4,9H,5-8,16H2,(H,17,19). The van der Waals surface area contributed by atoms with Crippen molar-refractivity contribution in [1.82, 2.24) is 10.3 Å². The monoisotopic (exact) mass is 293 g/mol. The van der Waals surface area contributed by atoms with Gasteiger partial charge >= 0.3 is 0 Å². The van der Waals surface area contributed by atoms with Crippen molar-refractivity contribution in [3.63, 3.8) is 0 Å². The molecule has 20 heavy (non-hydrogen) atoms. The second-order valence-electron chi connectivity index (χ2n) is 4.24. The summed E-state index contributed by atoms with van der Waals surface area (Å²) in [7, 11) is 0. The molecule has 1 heterocycles. The highest BCUT2D eigenvalue weighted by Crippen LogP contribution is 2.28. The van der Waals surface area contributed by atoms with Crippen molar-refractivity contribution in [2.45, 2.75) is 12.8 Å². The fraction of sp³-hybridized carbons (Fsp3) is 0.286. The molecule has 2 aromatic rings. The summed E-state index contributed by atoms with van der Waals surface area (Å²) >= 11 is 6.09. The quantitative estimate of drug-likeness (QED) is 0.853. The predicted octanol–water partition coefficient (Wildman–Crippen LogP) is 2.00. The van der Waals surface area contributed by atoms with Crippen LogP contribution in [0.5, 0.6) is 0 Å². The van der Waals surface area contributed by atoms with Gasteiger partial charge in [-0.05, 0) is 12.1 Å². The smallest absolute Gasteiger partial charge is 0.220 e. The Kier molecular flexibility index (Phi) is 5.15. The number of nitrogens with zero attached hydrogens (tertiary/aromatic N) is 1. The number of nitrogens with two attached hydrogens (primary N) is 1. The Balaban J connectivity index is 1.96. The van der Waals surface area contributed by atoms with Crippen LogP contribution in [-0.2, 0) is 11.2 Å². The van der Waals surface area contributed by atoms with E-state index in [9.17, 15) is 4.79 Å². The number of carbonyl (C=O) groups is 1. The third kappa shape index (κ3) is 3.82. The van der Waals surface area contributed by atoms with E-state index < -0.39 is 0 Å². The fourth-order valence-electron chi connectivity index (χ4n) is 1.73. The molecule has 0 aliphatic rings. The molecule has 0 saturated carbocycles. The third-order valence-electron chi connectivity index (χ3n) is 2.73. The molecule has 106 valence electrons. The number of rotatable bonds is 6. The predicted molar refractivity (Wildman–Crippen MR) is 77.3 cm³/mol. The van der Waals surface area contributed by atoms with Crippen LogP contribution in [0.3, 0.4) is 0 Å². The van der Waals surface area contributed by atoms with Crippen molar-refractivity contribution in [1.29, 1.82) is 0 Å². The number of benzene rings is 1. The Morgan fingerprint density at radius 3 is 2.95 bits per heavy atom. The summed E-state index contributed by atoms with van der Waals surface area (Å²) in [6.45, 7) is 0.913. The third-order valence-corrected chi connectivity index (χ3v) is 3.05. The lowest BCUT2D eigenvalue weighted by atomic mass is 10.2. The van der Waals surface area contributed by atoms with Gasteiger partial charge in [0.15, 0.2) is 11.7 Å². The van der Waals surface area contributed by atoms with Crippen LogP contribution in [0.1, 0.15) is 12.3 Å². The summed E-state index contributed by atoms with van der Waals surface area (Å²) < 4.78 is 5.61. The number of halogens is 1. The van der Waals surface area contributed by atoms with E-state index >= 15 is 0 Å². The van der Waals surface area contributed by atoms with Gasteiger partial charge in [0.25, 0.3) is 0 Å². The molecule has 5 nitrogen and oxygen atoms in total. The van der Waals surface area contributed by atoms with Crippen molar-refractivity contribution in [2.24, 2.45) is 5.73 Å². The highest BCUT2D eigenvalue weighted by Gasteiger charge is 2.10. The Bertz CT molecular complexity index is 583. The van der Waals surface area contributed by atoms with Crippen LogP contribution in [-0.4, -0.2) is 24.0 Å². The summed E-state index contributed by atoms with van der Waals surface area (Å²) in [5, 5.41) is 3.30. The van der Waals surface area contributed by atoms with Crippen molar-refractivity contribution < 1.29 is 9.21 Å². The lowest BCUT2D eigenvalue weighted by Crippen LogP contribution is -2.29. The van der Waals surface area contributed by atoms with E-state index in [4.69, 9.17) is 21.8 Å². The number of aryl methyl sites for hydroxylation is 1. The topological polar surface area (TPSA) is 81.1 Å². The van der Waals surface area contributed by atoms with E-state index in [0.717, 1.165) is 5.56 Å². The van der Waals surface area contributed by atoms with Gasteiger partial charge in [0.2, 0.25) is 5.91 Å². The Labute approximate surface area is 122 Å². The molecule has 0 fully saturated rings. The molecule has 1 aromatic heterocycles. The second-order valence-corrected chi connectivity index (χ2v) is 4.64. The van der Waals surface area contributed by atoms with E-state index in [-0.39, 0.29) is 5.91 Å². The van der Waals surface area contributed by atoms with Crippen LogP contribution >= 0.6 is 11.6 Å². The zero-order valence-electron chi connectivity index (χ0n) is 10.9. The first-order valence-corrected chi connectivity index (χ1v) is 6.75. The molecule has 0 atom stereocenters. The summed E-state index contributed by atoms with van der Waals surface area (Å²) in [6.07, 6.45) is 2.39. The largest absolute Gasteiger partial charge is 0.441 e. The maximum Gasteiger partial charge on any atom is 0.220 e. The number of hydrogen-bond acceptors (Lipinski definition) is 4. The van der Waals surface area contributed by atoms with Gasteiger partial charge in [-0.1, -0.05) is 23.7 Å². The van der Waals surface area contributed by atoms with Gasteiger partial charge < -0.3 is 15.5 Å².